The van der Waals surface area contributed by atoms with Crippen molar-refractivity contribution in [2.24, 2.45) is 0 Å². The van der Waals surface area contributed by atoms with Crippen LogP contribution in [0.25, 0.3) is 0 Å². The van der Waals surface area contributed by atoms with Crippen LogP contribution in [-0.4, -0.2) is 18.4 Å². The SMILES string of the molecule is CCOc1ccc(C(=O)Nc2ccc3c(c2)C(=O)Nc2ccccc2O3)cc1. The summed E-state index contributed by atoms with van der Waals surface area (Å²) in [7, 11) is 0. The van der Waals surface area contributed by atoms with Crippen molar-refractivity contribution < 1.29 is 19.1 Å². The Morgan fingerprint density at radius 2 is 1.82 bits per heavy atom. The molecule has 0 bridgehead atoms. The van der Waals surface area contributed by atoms with Crippen molar-refractivity contribution in [2.45, 2.75) is 6.92 Å². The fourth-order valence-electron chi connectivity index (χ4n) is 2.91. The molecule has 0 fully saturated rings. The van der Waals surface area contributed by atoms with E-state index >= 15 is 0 Å². The molecular formula is C22H18N2O4. The van der Waals surface area contributed by atoms with Gasteiger partial charge in [0.25, 0.3) is 11.8 Å². The molecule has 2 amide bonds. The summed E-state index contributed by atoms with van der Waals surface area (Å²) in [5.74, 6) is 1.14. The molecule has 0 atom stereocenters. The highest BCUT2D eigenvalue weighted by atomic mass is 16.5. The zero-order valence-electron chi connectivity index (χ0n) is 15.2. The van der Waals surface area contributed by atoms with Gasteiger partial charge in [-0.1, -0.05) is 12.1 Å². The fraction of sp³-hybridized carbons (Fsp3) is 0.0909. The van der Waals surface area contributed by atoms with E-state index in [0.717, 1.165) is 0 Å². The molecule has 0 saturated heterocycles. The predicted octanol–water partition coefficient (Wildman–Crippen LogP) is 4.70. The molecule has 0 aliphatic carbocycles. The van der Waals surface area contributed by atoms with Gasteiger partial charge >= 0.3 is 0 Å². The van der Waals surface area contributed by atoms with Crippen LogP contribution in [0.3, 0.4) is 0 Å². The van der Waals surface area contributed by atoms with Crippen LogP contribution in [-0.2, 0) is 0 Å². The molecule has 1 heterocycles. The number of amides is 2. The first kappa shape index (κ1) is 17.6. The molecule has 28 heavy (non-hydrogen) atoms. The Balaban J connectivity index is 1.55. The van der Waals surface area contributed by atoms with Gasteiger partial charge in [0, 0.05) is 11.3 Å². The zero-order chi connectivity index (χ0) is 19.5. The summed E-state index contributed by atoms with van der Waals surface area (Å²) in [5, 5.41) is 5.63. The van der Waals surface area contributed by atoms with Crippen LogP contribution in [0.15, 0.2) is 66.7 Å². The van der Waals surface area contributed by atoms with Crippen LogP contribution in [0.1, 0.15) is 27.6 Å². The molecule has 0 saturated carbocycles. The van der Waals surface area contributed by atoms with Gasteiger partial charge in [-0.05, 0) is 61.5 Å². The van der Waals surface area contributed by atoms with Gasteiger partial charge < -0.3 is 20.1 Å². The van der Waals surface area contributed by atoms with Crippen LogP contribution in [0, 0.1) is 0 Å². The number of hydrogen-bond donors (Lipinski definition) is 2. The summed E-state index contributed by atoms with van der Waals surface area (Å²) in [4.78, 5) is 25.1. The van der Waals surface area contributed by atoms with Gasteiger partial charge in [-0.25, -0.2) is 0 Å². The molecule has 6 heteroatoms. The minimum atomic E-state index is -0.294. The number of para-hydroxylation sites is 2. The molecule has 4 rings (SSSR count). The lowest BCUT2D eigenvalue weighted by Gasteiger charge is -2.10. The number of nitrogens with one attached hydrogen (secondary N) is 2. The molecule has 2 N–H and O–H groups in total. The molecule has 6 nitrogen and oxygen atoms in total. The van der Waals surface area contributed by atoms with Crippen LogP contribution in [0.4, 0.5) is 11.4 Å². The number of fused-ring (bicyclic) bond motifs is 2. The summed E-state index contributed by atoms with van der Waals surface area (Å²) in [5.41, 5.74) is 1.94. The second-order valence-electron chi connectivity index (χ2n) is 6.17. The molecule has 0 unspecified atom stereocenters. The summed E-state index contributed by atoms with van der Waals surface area (Å²) >= 11 is 0. The van der Waals surface area contributed by atoms with Crippen molar-refractivity contribution in [3.8, 4) is 17.2 Å². The number of carbonyl (C=O) groups is 2. The number of rotatable bonds is 4. The monoisotopic (exact) mass is 374 g/mol. The average Bonchev–Trinajstić information content (AvgIpc) is 2.84. The number of ether oxygens (including phenoxy) is 2. The lowest BCUT2D eigenvalue weighted by molar-refractivity contribution is 0.101. The van der Waals surface area contributed by atoms with Gasteiger partial charge in [-0.2, -0.15) is 0 Å². The van der Waals surface area contributed by atoms with E-state index in [-0.39, 0.29) is 11.8 Å². The van der Waals surface area contributed by atoms with E-state index in [2.05, 4.69) is 10.6 Å². The van der Waals surface area contributed by atoms with E-state index < -0.39 is 0 Å². The van der Waals surface area contributed by atoms with Crippen molar-refractivity contribution >= 4 is 23.2 Å². The molecule has 0 aromatic heterocycles. The maximum atomic E-state index is 12.6. The molecule has 140 valence electrons. The second kappa shape index (κ2) is 7.44. The lowest BCUT2D eigenvalue weighted by Crippen LogP contribution is -2.14. The van der Waals surface area contributed by atoms with Crippen molar-refractivity contribution in [2.75, 3.05) is 17.2 Å². The third-order valence-corrected chi connectivity index (χ3v) is 4.26. The Labute approximate surface area is 162 Å². The van der Waals surface area contributed by atoms with Gasteiger partial charge in [0.1, 0.15) is 11.5 Å². The van der Waals surface area contributed by atoms with Crippen LogP contribution in [0.2, 0.25) is 0 Å². The van der Waals surface area contributed by atoms with Crippen LogP contribution >= 0.6 is 0 Å². The molecule has 3 aromatic carbocycles. The van der Waals surface area contributed by atoms with E-state index in [1.807, 2.05) is 19.1 Å². The maximum absolute atomic E-state index is 12.6. The van der Waals surface area contributed by atoms with E-state index in [9.17, 15) is 9.59 Å². The third kappa shape index (κ3) is 3.53. The van der Waals surface area contributed by atoms with Crippen LogP contribution < -0.4 is 20.1 Å². The van der Waals surface area contributed by atoms with E-state index in [4.69, 9.17) is 9.47 Å². The van der Waals surface area contributed by atoms with Gasteiger partial charge in [0.05, 0.1) is 17.9 Å². The molecule has 0 radical (unpaired) electrons. The first-order valence-corrected chi connectivity index (χ1v) is 8.90. The molecule has 1 aliphatic rings. The highest BCUT2D eigenvalue weighted by molar-refractivity contribution is 6.10. The van der Waals surface area contributed by atoms with Crippen molar-refractivity contribution in [3.63, 3.8) is 0 Å². The minimum absolute atomic E-state index is 0.277. The minimum Gasteiger partial charge on any atom is -0.494 e. The first-order valence-electron chi connectivity index (χ1n) is 8.90. The normalized spacial score (nSPS) is 12.0. The Bertz CT molecular complexity index is 1040. The largest absolute Gasteiger partial charge is 0.494 e. The van der Waals surface area contributed by atoms with Gasteiger partial charge in [0.15, 0.2) is 5.75 Å². The number of carbonyl (C=O) groups excluding carboxylic acids is 2. The molecule has 1 aliphatic heterocycles. The molecule has 3 aromatic rings. The number of benzene rings is 3. The van der Waals surface area contributed by atoms with E-state index in [1.165, 1.54) is 0 Å². The third-order valence-electron chi connectivity index (χ3n) is 4.26. The second-order valence-corrected chi connectivity index (χ2v) is 6.17. The Kier molecular flexibility index (Phi) is 4.68. The van der Waals surface area contributed by atoms with Crippen molar-refractivity contribution in [1.29, 1.82) is 0 Å². The number of hydrogen-bond acceptors (Lipinski definition) is 4. The number of anilines is 2. The Morgan fingerprint density at radius 3 is 2.61 bits per heavy atom. The predicted molar refractivity (Wildman–Crippen MR) is 106 cm³/mol. The summed E-state index contributed by atoms with van der Waals surface area (Å²) in [6, 6.07) is 19.1. The van der Waals surface area contributed by atoms with Gasteiger partial charge in [-0.3, -0.25) is 9.59 Å². The van der Waals surface area contributed by atoms with Gasteiger partial charge in [0.2, 0.25) is 0 Å². The fourth-order valence-corrected chi connectivity index (χ4v) is 2.91. The van der Waals surface area contributed by atoms with Gasteiger partial charge in [-0.15, -0.1) is 0 Å². The van der Waals surface area contributed by atoms with Crippen molar-refractivity contribution in [1.82, 2.24) is 0 Å². The smallest absolute Gasteiger partial charge is 0.259 e. The van der Waals surface area contributed by atoms with Crippen molar-refractivity contribution in [3.05, 3.63) is 77.9 Å². The highest BCUT2D eigenvalue weighted by Crippen LogP contribution is 2.36. The standard InChI is InChI=1S/C22H18N2O4/c1-2-27-16-10-7-14(8-11-16)21(25)23-15-9-12-19-17(13-15)22(26)24-18-5-3-4-6-20(18)28-19/h3-13H,2H2,1H3,(H,23,25)(H,24,26). The topological polar surface area (TPSA) is 76.7 Å². The zero-order valence-corrected chi connectivity index (χ0v) is 15.2. The molecule has 0 spiro atoms. The summed E-state index contributed by atoms with van der Waals surface area (Å²) in [6.07, 6.45) is 0. The lowest BCUT2D eigenvalue weighted by atomic mass is 10.1. The Hall–Kier alpha value is -3.80. The van der Waals surface area contributed by atoms with E-state index in [0.29, 0.717) is 46.4 Å². The average molecular weight is 374 g/mol. The quantitative estimate of drug-likeness (QED) is 0.694. The Morgan fingerprint density at radius 1 is 1.04 bits per heavy atom. The highest BCUT2D eigenvalue weighted by Gasteiger charge is 2.21. The van der Waals surface area contributed by atoms with E-state index in [1.54, 1.807) is 54.6 Å². The summed E-state index contributed by atoms with van der Waals surface area (Å²) in [6.45, 7) is 2.46. The molecular weight excluding hydrogens is 356 g/mol. The maximum Gasteiger partial charge on any atom is 0.259 e. The van der Waals surface area contributed by atoms with Crippen LogP contribution in [0.5, 0.6) is 17.2 Å². The summed E-state index contributed by atoms with van der Waals surface area (Å²) < 4.78 is 11.2. The first-order chi connectivity index (χ1) is 13.6.